The minimum Gasteiger partial charge on any atom is -0.497 e. The third-order valence-electron chi connectivity index (χ3n) is 6.71. The van der Waals surface area contributed by atoms with E-state index in [2.05, 4.69) is 10.6 Å². The first kappa shape index (κ1) is 26.5. The first-order chi connectivity index (χ1) is 17.4. The summed E-state index contributed by atoms with van der Waals surface area (Å²) >= 11 is 0. The normalized spacial score (nSPS) is 17.9. The molecule has 1 saturated carbocycles. The maximum atomic E-state index is 15.1. The number of anilines is 1. The van der Waals surface area contributed by atoms with Gasteiger partial charge >= 0.3 is 6.18 Å². The van der Waals surface area contributed by atoms with E-state index in [0.717, 1.165) is 30.7 Å². The van der Waals surface area contributed by atoms with Crippen LogP contribution in [0.1, 0.15) is 49.4 Å². The van der Waals surface area contributed by atoms with Gasteiger partial charge in [0.2, 0.25) is 5.91 Å². The summed E-state index contributed by atoms with van der Waals surface area (Å²) in [6.45, 7) is 3.42. The number of rotatable bonds is 7. The number of benzene rings is 2. The summed E-state index contributed by atoms with van der Waals surface area (Å²) in [4.78, 5) is 27.3. The van der Waals surface area contributed by atoms with Crippen LogP contribution >= 0.6 is 0 Å². The molecular formula is C27H29F4N3O3. The van der Waals surface area contributed by atoms with Crippen LogP contribution in [0.15, 0.2) is 48.7 Å². The fraction of sp³-hybridized carbons (Fsp3) is 0.407. The molecule has 10 heteroatoms. The fourth-order valence-corrected chi connectivity index (χ4v) is 4.41. The Morgan fingerprint density at radius 2 is 1.84 bits per heavy atom. The topological polar surface area (TPSA) is 70.7 Å². The quantitative estimate of drug-likeness (QED) is 0.505. The molecular weight excluding hydrogens is 490 g/mol. The fourth-order valence-electron chi connectivity index (χ4n) is 4.41. The minimum atomic E-state index is -4.54. The Morgan fingerprint density at radius 3 is 2.46 bits per heavy atom. The van der Waals surface area contributed by atoms with Crippen molar-refractivity contribution >= 4 is 17.5 Å². The molecule has 2 amide bonds. The molecule has 0 aromatic heterocycles. The standard InChI is InChI=1S/C27H29F4N3O3/c1-26(2,25(36)33-17-4-5-17)21-9-6-18(15-22(21)28)32-24(35)23-20-8-7-19(37-3)14-16(20)10-12-34(23)13-11-27(29,30)31/h6-9,11,13-15,17,23H,4-5,10,12H2,1-3H3,(H,32,35)(H,33,36). The van der Waals surface area contributed by atoms with Crippen molar-refractivity contribution in [2.45, 2.75) is 56.8 Å². The van der Waals surface area contributed by atoms with Crippen molar-refractivity contribution in [1.82, 2.24) is 10.2 Å². The van der Waals surface area contributed by atoms with Crippen LogP contribution < -0.4 is 15.4 Å². The van der Waals surface area contributed by atoms with E-state index in [1.807, 2.05) is 0 Å². The van der Waals surface area contributed by atoms with Gasteiger partial charge in [-0.15, -0.1) is 0 Å². The van der Waals surface area contributed by atoms with Crippen molar-refractivity contribution in [3.8, 4) is 5.75 Å². The Hall–Kier alpha value is -3.56. The van der Waals surface area contributed by atoms with E-state index < -0.39 is 29.4 Å². The van der Waals surface area contributed by atoms with E-state index in [4.69, 9.17) is 4.74 Å². The first-order valence-corrected chi connectivity index (χ1v) is 12.0. The second-order valence-corrected chi connectivity index (χ2v) is 9.87. The Bertz CT molecular complexity index is 1220. The number of carbonyl (C=O) groups excluding carboxylic acids is 2. The minimum absolute atomic E-state index is 0.0883. The average Bonchev–Trinajstić information content (AvgIpc) is 3.65. The van der Waals surface area contributed by atoms with Gasteiger partial charge in [0.15, 0.2) is 0 Å². The van der Waals surface area contributed by atoms with Crippen LogP contribution in [-0.4, -0.2) is 42.6 Å². The smallest absolute Gasteiger partial charge is 0.411 e. The van der Waals surface area contributed by atoms with E-state index in [0.29, 0.717) is 17.7 Å². The van der Waals surface area contributed by atoms with Crippen LogP contribution in [-0.2, 0) is 21.4 Å². The highest BCUT2D eigenvalue weighted by Gasteiger charge is 2.37. The molecule has 1 heterocycles. The van der Waals surface area contributed by atoms with Crippen molar-refractivity contribution in [1.29, 1.82) is 0 Å². The molecule has 0 bridgehead atoms. The Morgan fingerprint density at radius 1 is 1.11 bits per heavy atom. The van der Waals surface area contributed by atoms with Crippen LogP contribution in [0.2, 0.25) is 0 Å². The lowest BCUT2D eigenvalue weighted by Gasteiger charge is -2.36. The number of hydrogen-bond acceptors (Lipinski definition) is 4. The number of hydrogen-bond donors (Lipinski definition) is 2. The molecule has 0 saturated heterocycles. The predicted molar refractivity (Wildman–Crippen MR) is 131 cm³/mol. The van der Waals surface area contributed by atoms with Gasteiger partial charge in [0.25, 0.3) is 5.91 Å². The second-order valence-electron chi connectivity index (χ2n) is 9.87. The predicted octanol–water partition coefficient (Wildman–Crippen LogP) is 5.00. The van der Waals surface area contributed by atoms with Crippen molar-refractivity contribution in [3.05, 3.63) is 71.2 Å². The zero-order valence-electron chi connectivity index (χ0n) is 20.8. The van der Waals surface area contributed by atoms with E-state index in [1.54, 1.807) is 32.0 Å². The molecule has 1 atom stereocenters. The van der Waals surface area contributed by atoms with Gasteiger partial charge in [-0.05, 0) is 68.5 Å². The number of alkyl halides is 3. The molecule has 1 unspecified atom stereocenters. The van der Waals surface area contributed by atoms with Crippen molar-refractivity contribution in [2.24, 2.45) is 0 Å². The van der Waals surface area contributed by atoms with Crippen molar-refractivity contribution < 1.29 is 31.9 Å². The summed E-state index contributed by atoms with van der Waals surface area (Å²) in [5.74, 6) is -0.998. The maximum Gasteiger partial charge on any atom is 0.411 e. The lowest BCUT2D eigenvalue weighted by atomic mass is 9.83. The molecule has 0 radical (unpaired) electrons. The summed E-state index contributed by atoms with van der Waals surface area (Å²) in [7, 11) is 1.50. The Kier molecular flexibility index (Phi) is 7.21. The average molecular weight is 520 g/mol. The molecule has 2 aromatic rings. The van der Waals surface area contributed by atoms with Gasteiger partial charge in [-0.1, -0.05) is 12.1 Å². The second kappa shape index (κ2) is 10.1. The van der Waals surface area contributed by atoms with E-state index >= 15 is 4.39 Å². The lowest BCUT2D eigenvalue weighted by molar-refractivity contribution is -0.126. The highest BCUT2D eigenvalue weighted by molar-refractivity contribution is 5.96. The number of nitrogens with one attached hydrogen (secondary N) is 2. The van der Waals surface area contributed by atoms with Crippen molar-refractivity contribution in [2.75, 3.05) is 19.0 Å². The number of carbonyl (C=O) groups is 2. The summed E-state index contributed by atoms with van der Waals surface area (Å²) < 4.78 is 59.0. The van der Waals surface area contributed by atoms with Crippen LogP contribution in [0.25, 0.3) is 0 Å². The van der Waals surface area contributed by atoms with Crippen LogP contribution in [0.5, 0.6) is 5.75 Å². The summed E-state index contributed by atoms with van der Waals surface area (Å²) in [5, 5.41) is 5.51. The molecule has 37 heavy (non-hydrogen) atoms. The van der Waals surface area contributed by atoms with E-state index in [-0.39, 0.29) is 35.8 Å². The molecule has 2 N–H and O–H groups in total. The summed E-state index contributed by atoms with van der Waals surface area (Å²) in [6.07, 6.45) is -1.37. The number of amides is 2. The molecule has 2 aliphatic rings. The number of ether oxygens (including phenoxy) is 1. The zero-order chi connectivity index (χ0) is 27.0. The SMILES string of the molecule is COc1ccc2c(c1)CCN(C=CC(F)(F)F)C2C(=O)Nc1ccc(C(C)(C)C(=O)NC2CC2)c(F)c1. The largest absolute Gasteiger partial charge is 0.497 e. The Labute approximate surface area is 212 Å². The molecule has 1 aliphatic carbocycles. The summed E-state index contributed by atoms with van der Waals surface area (Å²) in [5.41, 5.74) is 0.487. The molecule has 2 aromatic carbocycles. The van der Waals surface area contributed by atoms with E-state index in [1.165, 1.54) is 24.1 Å². The Balaban J connectivity index is 1.59. The zero-order valence-corrected chi connectivity index (χ0v) is 20.8. The molecule has 198 valence electrons. The third-order valence-corrected chi connectivity index (χ3v) is 6.71. The number of allylic oxidation sites excluding steroid dienone is 1. The molecule has 4 rings (SSSR count). The van der Waals surface area contributed by atoms with Gasteiger partial charge in [0.05, 0.1) is 12.5 Å². The third kappa shape index (κ3) is 6.06. The van der Waals surface area contributed by atoms with Gasteiger partial charge in [-0.2, -0.15) is 13.2 Å². The van der Waals surface area contributed by atoms with Gasteiger partial charge < -0.3 is 20.3 Å². The number of halogens is 4. The van der Waals surface area contributed by atoms with Crippen LogP contribution in [0, 0.1) is 5.82 Å². The maximum absolute atomic E-state index is 15.1. The molecule has 1 aliphatic heterocycles. The highest BCUT2D eigenvalue weighted by atomic mass is 19.4. The van der Waals surface area contributed by atoms with E-state index in [9.17, 15) is 22.8 Å². The summed E-state index contributed by atoms with van der Waals surface area (Å²) in [6, 6.07) is 8.14. The first-order valence-electron chi connectivity index (χ1n) is 12.0. The monoisotopic (exact) mass is 519 g/mol. The lowest BCUT2D eigenvalue weighted by Crippen LogP contribution is -2.41. The molecule has 0 spiro atoms. The van der Waals surface area contributed by atoms with Crippen molar-refractivity contribution in [3.63, 3.8) is 0 Å². The van der Waals surface area contributed by atoms with Gasteiger partial charge in [0, 0.05) is 36.1 Å². The number of methoxy groups -OCH3 is 1. The highest BCUT2D eigenvalue weighted by Crippen LogP contribution is 2.35. The van der Waals surface area contributed by atoms with Gasteiger partial charge in [-0.3, -0.25) is 9.59 Å². The van der Waals surface area contributed by atoms with Crippen LogP contribution in [0.3, 0.4) is 0 Å². The number of nitrogens with zero attached hydrogens (tertiary/aromatic N) is 1. The van der Waals surface area contributed by atoms with Crippen LogP contribution in [0.4, 0.5) is 23.2 Å². The van der Waals surface area contributed by atoms with Gasteiger partial charge in [-0.25, -0.2) is 4.39 Å². The molecule has 6 nitrogen and oxygen atoms in total. The molecule has 1 fully saturated rings. The van der Waals surface area contributed by atoms with Gasteiger partial charge in [0.1, 0.15) is 17.6 Å². The number of fused-ring (bicyclic) bond motifs is 1.